The number of carbonyl (C=O) groups excluding carboxylic acids is 1. The average Bonchev–Trinajstić information content (AvgIpc) is 3.37. The highest BCUT2D eigenvalue weighted by Crippen LogP contribution is 2.62. The van der Waals surface area contributed by atoms with E-state index in [1.54, 1.807) is 0 Å². The molecule has 2 aliphatic carbocycles. The quantitative estimate of drug-likeness (QED) is 0.501. The van der Waals surface area contributed by atoms with Gasteiger partial charge in [-0.15, -0.1) is 0 Å². The molecule has 9 atom stereocenters. The fourth-order valence-electron chi connectivity index (χ4n) is 5.99. The number of hydrogen-bond donors (Lipinski definition) is 3. The van der Waals surface area contributed by atoms with Gasteiger partial charge >= 0.3 is 0 Å². The molecule has 0 aromatic carbocycles. The lowest BCUT2D eigenvalue weighted by molar-refractivity contribution is -0.174. The molecule has 0 radical (unpaired) electrons. The second kappa shape index (κ2) is 5.61. The summed E-state index contributed by atoms with van der Waals surface area (Å²) >= 11 is 0. The van der Waals surface area contributed by atoms with E-state index in [4.69, 9.17) is 9.47 Å². The number of aliphatic hydroxyl groups is 3. The monoisotopic (exact) mass is 366 g/mol. The van der Waals surface area contributed by atoms with E-state index < -0.39 is 35.6 Å². The van der Waals surface area contributed by atoms with Gasteiger partial charge in [-0.05, 0) is 50.4 Å². The third-order valence-electron chi connectivity index (χ3n) is 8.23. The molecular weight excluding hydrogens is 336 g/mol. The van der Waals surface area contributed by atoms with Crippen molar-refractivity contribution < 1.29 is 29.6 Å². The Bertz CT molecular complexity index is 655. The Morgan fingerprint density at radius 2 is 1.92 bits per heavy atom. The molecule has 4 aliphatic rings. The van der Waals surface area contributed by atoms with Crippen LogP contribution in [0.2, 0.25) is 0 Å². The third kappa shape index (κ3) is 2.14. The van der Waals surface area contributed by atoms with E-state index in [0.29, 0.717) is 13.0 Å². The second-order valence-electron chi connectivity index (χ2n) is 9.23. The molecule has 9 unspecified atom stereocenters. The Hall–Kier alpha value is -0.790. The highest BCUT2D eigenvalue weighted by Gasteiger charge is 2.69. The summed E-state index contributed by atoms with van der Waals surface area (Å²) in [5.41, 5.74) is -0.886. The fraction of sp³-hybridized carbons (Fsp3) is 0.850. The lowest BCUT2D eigenvalue weighted by Gasteiger charge is -2.58. The first-order valence-corrected chi connectivity index (χ1v) is 9.64. The fourth-order valence-corrected chi connectivity index (χ4v) is 5.99. The molecule has 1 spiro atoms. The first-order chi connectivity index (χ1) is 12.1. The molecule has 6 nitrogen and oxygen atoms in total. The molecule has 0 aromatic heterocycles. The highest BCUT2D eigenvalue weighted by atomic mass is 16.7. The lowest BCUT2D eigenvalue weighted by Crippen LogP contribution is -2.62. The Balaban J connectivity index is 1.72. The molecule has 6 heteroatoms. The summed E-state index contributed by atoms with van der Waals surface area (Å²) in [6, 6.07) is 0. The lowest BCUT2D eigenvalue weighted by atomic mass is 9.45. The van der Waals surface area contributed by atoms with Gasteiger partial charge in [0.2, 0.25) is 0 Å². The van der Waals surface area contributed by atoms with Crippen LogP contribution < -0.4 is 0 Å². The number of rotatable bonds is 2. The van der Waals surface area contributed by atoms with Crippen LogP contribution in [0.15, 0.2) is 11.6 Å². The number of hydrogen-bond acceptors (Lipinski definition) is 6. The van der Waals surface area contributed by atoms with Crippen LogP contribution in [0.25, 0.3) is 0 Å². The van der Waals surface area contributed by atoms with Gasteiger partial charge in [0.1, 0.15) is 17.8 Å². The van der Waals surface area contributed by atoms with Crippen molar-refractivity contribution in [1.29, 1.82) is 0 Å². The summed E-state index contributed by atoms with van der Waals surface area (Å²) in [7, 11) is 0. The molecule has 146 valence electrons. The molecule has 3 N–H and O–H groups in total. The molecule has 2 aliphatic heterocycles. The molecule has 2 saturated heterocycles. The summed E-state index contributed by atoms with van der Waals surface area (Å²) in [6.45, 7) is 8.35. The van der Waals surface area contributed by atoms with Gasteiger partial charge in [0.15, 0.2) is 12.1 Å². The summed E-state index contributed by atoms with van der Waals surface area (Å²) in [5, 5.41) is 31.0. The summed E-state index contributed by atoms with van der Waals surface area (Å²) < 4.78 is 11.2. The van der Waals surface area contributed by atoms with E-state index in [9.17, 15) is 20.1 Å². The summed E-state index contributed by atoms with van der Waals surface area (Å²) in [4.78, 5) is 13.0. The maximum Gasteiger partial charge on any atom is 0.184 e. The van der Waals surface area contributed by atoms with Crippen LogP contribution in [0, 0.1) is 22.7 Å². The number of carbonyl (C=O) groups is 1. The molecule has 1 saturated carbocycles. The van der Waals surface area contributed by atoms with Crippen LogP contribution >= 0.6 is 0 Å². The number of fused-ring (bicyclic) bond motifs is 1. The van der Waals surface area contributed by atoms with Gasteiger partial charge in [0.25, 0.3) is 0 Å². The SMILES string of the molecule is CC1=CCCC2C1(C)C(=O)C(O)C(C)C2(C)CC1OC(O)C(O)C12CO2. The van der Waals surface area contributed by atoms with Crippen LogP contribution in [-0.4, -0.2) is 57.9 Å². The van der Waals surface area contributed by atoms with Gasteiger partial charge in [-0.2, -0.15) is 0 Å². The minimum Gasteiger partial charge on any atom is -0.385 e. The summed E-state index contributed by atoms with van der Waals surface area (Å²) in [5.74, 6) is -0.265. The van der Waals surface area contributed by atoms with Crippen molar-refractivity contribution in [3.05, 3.63) is 11.6 Å². The number of ketones is 1. The van der Waals surface area contributed by atoms with E-state index in [0.717, 1.165) is 18.4 Å². The zero-order valence-corrected chi connectivity index (χ0v) is 15.9. The van der Waals surface area contributed by atoms with Crippen LogP contribution in [-0.2, 0) is 14.3 Å². The van der Waals surface area contributed by atoms with Crippen LogP contribution in [0.3, 0.4) is 0 Å². The molecule has 26 heavy (non-hydrogen) atoms. The first kappa shape index (κ1) is 18.6. The van der Waals surface area contributed by atoms with Gasteiger partial charge in [-0.1, -0.05) is 25.5 Å². The highest BCUT2D eigenvalue weighted by molar-refractivity contribution is 5.93. The van der Waals surface area contributed by atoms with Crippen molar-refractivity contribution >= 4 is 5.78 Å². The molecule has 0 amide bonds. The Morgan fingerprint density at radius 1 is 1.27 bits per heavy atom. The van der Waals surface area contributed by atoms with E-state index in [2.05, 4.69) is 13.0 Å². The van der Waals surface area contributed by atoms with E-state index in [1.165, 1.54) is 0 Å². The molecular formula is C20H30O6. The normalized spacial score (nSPS) is 56.4. The molecule has 0 bridgehead atoms. The number of Topliss-reactive ketones (excluding diaryl/α,β-unsaturated/α-hetero) is 1. The number of ether oxygens (including phenoxy) is 2. The predicted molar refractivity (Wildman–Crippen MR) is 93.1 cm³/mol. The number of epoxide rings is 1. The molecule has 0 aromatic rings. The van der Waals surface area contributed by atoms with Gasteiger partial charge < -0.3 is 24.8 Å². The maximum absolute atomic E-state index is 13.0. The van der Waals surface area contributed by atoms with Crippen molar-refractivity contribution in [2.24, 2.45) is 22.7 Å². The number of aliphatic hydroxyl groups excluding tert-OH is 3. The molecule has 3 fully saturated rings. The van der Waals surface area contributed by atoms with Gasteiger partial charge in [-0.3, -0.25) is 4.79 Å². The second-order valence-corrected chi connectivity index (χ2v) is 9.23. The van der Waals surface area contributed by atoms with Crippen molar-refractivity contribution in [3.8, 4) is 0 Å². The standard InChI is InChI=1S/C20H30O6/c1-10-6-5-7-12-18(3,11(2)14(21)15(22)19(10,12)4)8-13-20(9-25-20)16(23)17(24)26-13/h6,11-14,16-17,21,23-24H,5,7-9H2,1-4H3. The Morgan fingerprint density at radius 3 is 2.54 bits per heavy atom. The van der Waals surface area contributed by atoms with Crippen molar-refractivity contribution in [2.75, 3.05) is 6.61 Å². The van der Waals surface area contributed by atoms with Crippen molar-refractivity contribution in [2.45, 2.75) is 77.2 Å². The molecule has 4 rings (SSSR count). The largest absolute Gasteiger partial charge is 0.385 e. The number of allylic oxidation sites excluding steroid dienone is 2. The zero-order chi connectivity index (χ0) is 19.1. The third-order valence-corrected chi connectivity index (χ3v) is 8.23. The zero-order valence-electron chi connectivity index (χ0n) is 15.9. The topological polar surface area (TPSA) is 99.5 Å². The van der Waals surface area contributed by atoms with Crippen LogP contribution in [0.1, 0.15) is 47.0 Å². The Labute approximate surface area is 154 Å². The predicted octanol–water partition coefficient (Wildman–Crippen LogP) is 1.17. The van der Waals surface area contributed by atoms with E-state index in [-0.39, 0.29) is 23.0 Å². The maximum atomic E-state index is 13.0. The smallest absolute Gasteiger partial charge is 0.184 e. The molecule has 2 heterocycles. The van der Waals surface area contributed by atoms with Gasteiger partial charge in [-0.25, -0.2) is 0 Å². The van der Waals surface area contributed by atoms with Gasteiger partial charge in [0.05, 0.1) is 18.1 Å². The van der Waals surface area contributed by atoms with Crippen LogP contribution in [0.5, 0.6) is 0 Å². The minimum atomic E-state index is -1.25. The van der Waals surface area contributed by atoms with Crippen molar-refractivity contribution in [3.63, 3.8) is 0 Å². The van der Waals surface area contributed by atoms with E-state index in [1.807, 2.05) is 20.8 Å². The minimum absolute atomic E-state index is 0.0696. The van der Waals surface area contributed by atoms with Gasteiger partial charge in [0, 0.05) is 0 Å². The van der Waals surface area contributed by atoms with Crippen LogP contribution in [0.4, 0.5) is 0 Å². The van der Waals surface area contributed by atoms with E-state index >= 15 is 0 Å². The first-order valence-electron chi connectivity index (χ1n) is 9.64. The average molecular weight is 366 g/mol. The van der Waals surface area contributed by atoms with Crippen molar-refractivity contribution in [1.82, 2.24) is 0 Å². The summed E-state index contributed by atoms with van der Waals surface area (Å²) in [6.07, 6.45) is 0.639. The Kier molecular flexibility index (Phi) is 4.01.